The molecule has 0 aromatic carbocycles. The predicted molar refractivity (Wildman–Crippen MR) is 63.2 cm³/mol. The SMILES string of the molecule is Cc1ccc(C(=O)N2C[C@H](O)C[C@H]2C(=O)O)n1C. The first kappa shape index (κ1) is 12.6. The smallest absolute Gasteiger partial charge is 0.326 e. The van der Waals surface area contributed by atoms with E-state index in [2.05, 4.69) is 0 Å². The van der Waals surface area contributed by atoms with Crippen molar-refractivity contribution < 1.29 is 19.8 Å². The predicted octanol–water partition coefficient (Wildman–Crippen LogP) is -0.00648. The number of aryl methyl sites for hydroxylation is 1. The van der Waals surface area contributed by atoms with Crippen LogP contribution in [-0.2, 0) is 11.8 Å². The summed E-state index contributed by atoms with van der Waals surface area (Å²) < 4.78 is 1.71. The van der Waals surface area contributed by atoms with Gasteiger partial charge < -0.3 is 19.7 Å². The van der Waals surface area contributed by atoms with Crippen molar-refractivity contribution in [1.29, 1.82) is 0 Å². The lowest BCUT2D eigenvalue weighted by Crippen LogP contribution is -2.41. The third-order valence-electron chi connectivity index (χ3n) is 3.42. The summed E-state index contributed by atoms with van der Waals surface area (Å²) in [7, 11) is 1.75. The number of carbonyl (C=O) groups excluding carboxylic acids is 1. The number of aromatic nitrogens is 1. The Hall–Kier alpha value is -1.82. The molecule has 0 unspecified atom stereocenters. The zero-order chi connectivity index (χ0) is 13.4. The number of amides is 1. The minimum Gasteiger partial charge on any atom is -0.480 e. The number of nitrogens with zero attached hydrogens (tertiary/aromatic N) is 2. The third-order valence-corrected chi connectivity index (χ3v) is 3.42. The van der Waals surface area contributed by atoms with Crippen molar-refractivity contribution in [2.24, 2.45) is 7.05 Å². The highest BCUT2D eigenvalue weighted by Gasteiger charge is 2.39. The Balaban J connectivity index is 2.28. The van der Waals surface area contributed by atoms with Gasteiger partial charge in [-0.25, -0.2) is 4.79 Å². The number of rotatable bonds is 2. The first-order chi connectivity index (χ1) is 8.41. The third kappa shape index (κ3) is 1.99. The highest BCUT2D eigenvalue weighted by molar-refractivity contribution is 5.96. The topological polar surface area (TPSA) is 82.8 Å². The number of hydrogen-bond acceptors (Lipinski definition) is 3. The molecule has 2 heterocycles. The number of aliphatic hydroxyl groups excluding tert-OH is 1. The monoisotopic (exact) mass is 252 g/mol. The number of aliphatic carboxylic acids is 1. The molecule has 18 heavy (non-hydrogen) atoms. The zero-order valence-corrected chi connectivity index (χ0v) is 10.3. The van der Waals surface area contributed by atoms with Crippen LogP contribution in [0.4, 0.5) is 0 Å². The Kier molecular flexibility index (Phi) is 3.13. The number of β-amino-alcohol motifs (C(OH)–C–C–N with tert-alkyl or cyclic N) is 1. The molecule has 0 aliphatic carbocycles. The Morgan fingerprint density at radius 3 is 2.56 bits per heavy atom. The zero-order valence-electron chi connectivity index (χ0n) is 10.3. The van der Waals surface area contributed by atoms with Crippen LogP contribution in [0.1, 0.15) is 22.6 Å². The average Bonchev–Trinajstić information content (AvgIpc) is 2.84. The molecule has 1 amide bonds. The molecule has 0 spiro atoms. The summed E-state index contributed by atoms with van der Waals surface area (Å²) in [6.45, 7) is 1.93. The molecule has 1 aromatic heterocycles. The van der Waals surface area contributed by atoms with Crippen molar-refractivity contribution in [3.05, 3.63) is 23.5 Å². The maximum absolute atomic E-state index is 12.3. The van der Waals surface area contributed by atoms with Gasteiger partial charge in [0, 0.05) is 25.7 Å². The summed E-state index contributed by atoms with van der Waals surface area (Å²) >= 11 is 0. The first-order valence-electron chi connectivity index (χ1n) is 5.76. The number of hydrogen-bond donors (Lipinski definition) is 2. The lowest BCUT2D eigenvalue weighted by atomic mass is 10.2. The molecule has 0 bridgehead atoms. The van der Waals surface area contributed by atoms with Gasteiger partial charge in [-0.05, 0) is 19.1 Å². The lowest BCUT2D eigenvalue weighted by Gasteiger charge is -2.21. The molecule has 98 valence electrons. The van der Waals surface area contributed by atoms with Crippen molar-refractivity contribution in [3.8, 4) is 0 Å². The molecule has 2 rings (SSSR count). The van der Waals surface area contributed by atoms with Crippen LogP contribution in [0.5, 0.6) is 0 Å². The Bertz CT molecular complexity index is 494. The summed E-state index contributed by atoms with van der Waals surface area (Å²) in [5.41, 5.74) is 1.36. The van der Waals surface area contributed by atoms with E-state index < -0.39 is 18.1 Å². The van der Waals surface area contributed by atoms with Crippen LogP contribution in [0.2, 0.25) is 0 Å². The number of likely N-dealkylation sites (tertiary alicyclic amines) is 1. The standard InChI is InChI=1S/C12H16N2O4/c1-7-3-4-9(13(7)2)11(16)14-6-8(15)5-10(14)12(17)18/h3-4,8,10,15H,5-6H2,1-2H3,(H,17,18)/t8-,10+/m1/s1. The van der Waals surface area contributed by atoms with E-state index in [1.54, 1.807) is 23.7 Å². The van der Waals surface area contributed by atoms with Crippen molar-refractivity contribution >= 4 is 11.9 Å². The molecule has 1 fully saturated rings. The van der Waals surface area contributed by atoms with Crippen molar-refractivity contribution in [2.45, 2.75) is 25.5 Å². The lowest BCUT2D eigenvalue weighted by molar-refractivity contribution is -0.141. The minimum atomic E-state index is -1.08. The van der Waals surface area contributed by atoms with E-state index in [4.69, 9.17) is 5.11 Å². The van der Waals surface area contributed by atoms with Crippen LogP contribution < -0.4 is 0 Å². The highest BCUT2D eigenvalue weighted by atomic mass is 16.4. The quantitative estimate of drug-likeness (QED) is 0.775. The van der Waals surface area contributed by atoms with Gasteiger partial charge in [0.1, 0.15) is 11.7 Å². The normalized spacial score (nSPS) is 23.4. The van der Waals surface area contributed by atoms with Gasteiger partial charge in [0.2, 0.25) is 0 Å². The summed E-state index contributed by atoms with van der Waals surface area (Å²) in [6, 6.07) is 2.53. The second kappa shape index (κ2) is 4.45. The van der Waals surface area contributed by atoms with E-state index in [1.165, 1.54) is 4.90 Å². The fourth-order valence-electron chi connectivity index (χ4n) is 2.25. The maximum Gasteiger partial charge on any atom is 0.326 e. The second-order valence-corrected chi connectivity index (χ2v) is 4.62. The van der Waals surface area contributed by atoms with Gasteiger partial charge in [-0.1, -0.05) is 0 Å². The Morgan fingerprint density at radius 2 is 2.06 bits per heavy atom. The summed E-state index contributed by atoms with van der Waals surface area (Å²) in [6.07, 6.45) is -0.679. The fraction of sp³-hybridized carbons (Fsp3) is 0.500. The van der Waals surface area contributed by atoms with E-state index in [1.807, 2.05) is 6.92 Å². The van der Waals surface area contributed by atoms with Crippen LogP contribution in [0.15, 0.2) is 12.1 Å². The minimum absolute atomic E-state index is 0.0695. The van der Waals surface area contributed by atoms with Crippen LogP contribution >= 0.6 is 0 Å². The van der Waals surface area contributed by atoms with Gasteiger partial charge >= 0.3 is 5.97 Å². The van der Waals surface area contributed by atoms with E-state index in [0.717, 1.165) is 5.69 Å². The van der Waals surface area contributed by atoms with Gasteiger partial charge in [0.05, 0.1) is 6.10 Å². The summed E-state index contributed by atoms with van der Waals surface area (Å²) in [5.74, 6) is -1.43. The van der Waals surface area contributed by atoms with Gasteiger partial charge in [0.25, 0.3) is 5.91 Å². The van der Waals surface area contributed by atoms with Crippen LogP contribution in [-0.4, -0.2) is 50.2 Å². The summed E-state index contributed by atoms with van der Waals surface area (Å²) in [4.78, 5) is 24.6. The molecule has 6 heteroatoms. The van der Waals surface area contributed by atoms with E-state index in [-0.39, 0.29) is 18.9 Å². The molecule has 0 radical (unpaired) electrons. The first-order valence-corrected chi connectivity index (χ1v) is 5.76. The van der Waals surface area contributed by atoms with E-state index in [9.17, 15) is 14.7 Å². The van der Waals surface area contributed by atoms with E-state index >= 15 is 0 Å². The van der Waals surface area contributed by atoms with Crippen molar-refractivity contribution in [3.63, 3.8) is 0 Å². The molecular formula is C12H16N2O4. The van der Waals surface area contributed by atoms with Gasteiger partial charge in [-0.15, -0.1) is 0 Å². The average molecular weight is 252 g/mol. The Labute approximate surface area is 104 Å². The molecule has 2 atom stereocenters. The maximum atomic E-state index is 12.3. The molecular weight excluding hydrogens is 236 g/mol. The van der Waals surface area contributed by atoms with Crippen LogP contribution in [0.25, 0.3) is 0 Å². The molecule has 1 aromatic rings. The van der Waals surface area contributed by atoms with E-state index in [0.29, 0.717) is 5.69 Å². The summed E-state index contributed by atoms with van der Waals surface area (Å²) in [5, 5.41) is 18.6. The molecule has 0 saturated carbocycles. The number of carbonyl (C=O) groups is 2. The second-order valence-electron chi connectivity index (χ2n) is 4.62. The highest BCUT2D eigenvalue weighted by Crippen LogP contribution is 2.21. The Morgan fingerprint density at radius 1 is 1.39 bits per heavy atom. The van der Waals surface area contributed by atoms with Crippen LogP contribution in [0.3, 0.4) is 0 Å². The van der Waals surface area contributed by atoms with Crippen molar-refractivity contribution in [2.75, 3.05) is 6.54 Å². The van der Waals surface area contributed by atoms with Gasteiger partial charge in [-0.2, -0.15) is 0 Å². The van der Waals surface area contributed by atoms with Crippen LogP contribution in [0, 0.1) is 6.92 Å². The number of aliphatic hydroxyl groups is 1. The molecule has 1 aliphatic heterocycles. The largest absolute Gasteiger partial charge is 0.480 e. The van der Waals surface area contributed by atoms with Gasteiger partial charge in [0.15, 0.2) is 0 Å². The number of carboxylic acids is 1. The molecule has 2 N–H and O–H groups in total. The number of carboxylic acid groups (broad SMARTS) is 1. The molecule has 1 saturated heterocycles. The van der Waals surface area contributed by atoms with Crippen molar-refractivity contribution in [1.82, 2.24) is 9.47 Å². The molecule has 1 aliphatic rings. The molecule has 6 nitrogen and oxygen atoms in total. The van der Waals surface area contributed by atoms with Gasteiger partial charge in [-0.3, -0.25) is 4.79 Å². The fourth-order valence-corrected chi connectivity index (χ4v) is 2.25.